The second-order valence-corrected chi connectivity index (χ2v) is 3.97. The van der Waals surface area contributed by atoms with E-state index >= 15 is 0 Å². The Morgan fingerprint density at radius 2 is 1.55 bits per heavy atom. The Morgan fingerprint density at radius 1 is 1.00 bits per heavy atom. The van der Waals surface area contributed by atoms with Crippen LogP contribution in [0.1, 0.15) is 46.5 Å². The minimum atomic E-state index is 0.349. The van der Waals surface area contributed by atoms with Crippen molar-refractivity contribution in [1.29, 1.82) is 0 Å². The van der Waals surface area contributed by atoms with Gasteiger partial charge in [-0.1, -0.05) is 40.0 Å². The highest BCUT2D eigenvalue weighted by Gasteiger charge is 1.99. The average Bonchev–Trinajstić information content (AvgIpc) is 1.97. The van der Waals surface area contributed by atoms with Gasteiger partial charge in [-0.3, -0.25) is 0 Å². The van der Waals surface area contributed by atoms with E-state index in [0.717, 1.165) is 5.92 Å². The van der Waals surface area contributed by atoms with Crippen molar-refractivity contribution >= 4 is 0 Å². The fraction of sp³-hybridized carbons (Fsp3) is 1.00. The number of aliphatic hydroxyl groups is 1. The maximum atomic E-state index is 8.74. The molecule has 0 heterocycles. The first-order valence-electron chi connectivity index (χ1n) is 4.77. The van der Waals surface area contributed by atoms with Crippen LogP contribution >= 0.6 is 0 Å². The van der Waals surface area contributed by atoms with Crippen molar-refractivity contribution in [2.45, 2.75) is 46.5 Å². The predicted octanol–water partition coefficient (Wildman–Crippen LogP) is 2.83. The molecule has 0 radical (unpaired) electrons. The lowest BCUT2D eigenvalue weighted by Gasteiger charge is -2.07. The maximum absolute atomic E-state index is 8.74. The summed E-state index contributed by atoms with van der Waals surface area (Å²) in [5.74, 6) is 1.33. The van der Waals surface area contributed by atoms with Crippen LogP contribution in [-0.2, 0) is 0 Å². The Kier molecular flexibility index (Phi) is 6.63. The highest BCUT2D eigenvalue weighted by molar-refractivity contribution is 4.52. The van der Waals surface area contributed by atoms with Crippen molar-refractivity contribution in [3.63, 3.8) is 0 Å². The standard InChI is InChI=1S/C10H22O/c1-9(2)6-4-5-7-10(3)8-11/h9-11H,4-8H2,1-3H3/t10-/m1/s1. The SMILES string of the molecule is CC(C)CCCC[C@@H](C)CO. The van der Waals surface area contributed by atoms with Crippen molar-refractivity contribution in [3.05, 3.63) is 0 Å². The van der Waals surface area contributed by atoms with Crippen LogP contribution in [0.4, 0.5) is 0 Å². The fourth-order valence-corrected chi connectivity index (χ4v) is 1.14. The molecule has 0 aliphatic carbocycles. The van der Waals surface area contributed by atoms with E-state index in [9.17, 15) is 0 Å². The lowest BCUT2D eigenvalue weighted by Crippen LogP contribution is -2.00. The van der Waals surface area contributed by atoms with E-state index in [-0.39, 0.29) is 0 Å². The Hall–Kier alpha value is -0.0400. The quantitative estimate of drug-likeness (QED) is 0.589. The molecule has 0 fully saturated rings. The molecule has 11 heavy (non-hydrogen) atoms. The van der Waals surface area contributed by atoms with Crippen LogP contribution in [0.3, 0.4) is 0 Å². The molecule has 1 atom stereocenters. The van der Waals surface area contributed by atoms with E-state index < -0.39 is 0 Å². The van der Waals surface area contributed by atoms with Gasteiger partial charge in [0, 0.05) is 6.61 Å². The molecule has 0 aliphatic rings. The lowest BCUT2D eigenvalue weighted by atomic mass is 10.0. The van der Waals surface area contributed by atoms with E-state index in [1.807, 2.05) is 0 Å². The Labute approximate surface area is 70.8 Å². The summed E-state index contributed by atoms with van der Waals surface area (Å²) in [5, 5.41) is 8.74. The van der Waals surface area contributed by atoms with Crippen molar-refractivity contribution < 1.29 is 5.11 Å². The third-order valence-electron chi connectivity index (χ3n) is 2.04. The normalized spacial score (nSPS) is 13.9. The first-order chi connectivity index (χ1) is 5.16. The second-order valence-electron chi connectivity index (χ2n) is 3.97. The molecular formula is C10H22O. The van der Waals surface area contributed by atoms with Gasteiger partial charge in [-0.05, 0) is 18.3 Å². The van der Waals surface area contributed by atoms with Gasteiger partial charge in [0.1, 0.15) is 0 Å². The minimum absolute atomic E-state index is 0.349. The van der Waals surface area contributed by atoms with Gasteiger partial charge in [0.25, 0.3) is 0 Å². The average molecular weight is 158 g/mol. The fourth-order valence-electron chi connectivity index (χ4n) is 1.14. The summed E-state index contributed by atoms with van der Waals surface area (Å²) in [5.41, 5.74) is 0. The van der Waals surface area contributed by atoms with E-state index in [1.165, 1.54) is 25.7 Å². The van der Waals surface area contributed by atoms with Gasteiger partial charge in [-0.15, -0.1) is 0 Å². The zero-order valence-corrected chi connectivity index (χ0v) is 8.14. The summed E-state index contributed by atoms with van der Waals surface area (Å²) in [6, 6.07) is 0. The predicted molar refractivity (Wildman–Crippen MR) is 49.6 cm³/mol. The van der Waals surface area contributed by atoms with Gasteiger partial charge < -0.3 is 5.11 Å². The van der Waals surface area contributed by atoms with Crippen LogP contribution in [0.15, 0.2) is 0 Å². The number of hydrogen-bond donors (Lipinski definition) is 1. The van der Waals surface area contributed by atoms with Gasteiger partial charge in [0.2, 0.25) is 0 Å². The summed E-state index contributed by atoms with van der Waals surface area (Å²) in [4.78, 5) is 0. The molecule has 0 unspecified atom stereocenters. The molecule has 1 heteroatoms. The van der Waals surface area contributed by atoms with Crippen LogP contribution in [0.25, 0.3) is 0 Å². The Bertz CT molecular complexity index is 78.9. The molecule has 1 N–H and O–H groups in total. The summed E-state index contributed by atoms with van der Waals surface area (Å²) in [7, 11) is 0. The van der Waals surface area contributed by atoms with Gasteiger partial charge in [0.15, 0.2) is 0 Å². The number of unbranched alkanes of at least 4 members (excludes halogenated alkanes) is 1. The summed E-state index contributed by atoms with van der Waals surface area (Å²) in [6.45, 7) is 6.97. The third kappa shape index (κ3) is 7.86. The summed E-state index contributed by atoms with van der Waals surface area (Å²) >= 11 is 0. The number of hydrogen-bond acceptors (Lipinski definition) is 1. The molecular weight excluding hydrogens is 136 g/mol. The molecule has 0 aromatic heterocycles. The topological polar surface area (TPSA) is 20.2 Å². The first kappa shape index (κ1) is 11.0. The molecule has 0 spiro atoms. The van der Waals surface area contributed by atoms with Crippen molar-refractivity contribution in [1.82, 2.24) is 0 Å². The molecule has 0 saturated heterocycles. The van der Waals surface area contributed by atoms with Crippen molar-refractivity contribution in [3.8, 4) is 0 Å². The molecule has 68 valence electrons. The number of aliphatic hydroxyl groups excluding tert-OH is 1. The lowest BCUT2D eigenvalue weighted by molar-refractivity contribution is 0.227. The highest BCUT2D eigenvalue weighted by atomic mass is 16.3. The van der Waals surface area contributed by atoms with Crippen LogP contribution in [0.2, 0.25) is 0 Å². The first-order valence-corrected chi connectivity index (χ1v) is 4.77. The molecule has 0 rings (SSSR count). The highest BCUT2D eigenvalue weighted by Crippen LogP contribution is 2.11. The monoisotopic (exact) mass is 158 g/mol. The zero-order chi connectivity index (χ0) is 8.69. The zero-order valence-electron chi connectivity index (χ0n) is 8.14. The van der Waals surface area contributed by atoms with Crippen LogP contribution in [-0.4, -0.2) is 11.7 Å². The Morgan fingerprint density at radius 3 is 2.00 bits per heavy atom. The van der Waals surface area contributed by atoms with Gasteiger partial charge >= 0.3 is 0 Å². The van der Waals surface area contributed by atoms with Crippen LogP contribution in [0, 0.1) is 11.8 Å². The van der Waals surface area contributed by atoms with E-state index in [0.29, 0.717) is 12.5 Å². The smallest absolute Gasteiger partial charge is 0.0456 e. The van der Waals surface area contributed by atoms with Crippen molar-refractivity contribution in [2.75, 3.05) is 6.61 Å². The van der Waals surface area contributed by atoms with E-state index in [1.54, 1.807) is 0 Å². The largest absolute Gasteiger partial charge is 0.396 e. The summed E-state index contributed by atoms with van der Waals surface area (Å²) < 4.78 is 0. The molecule has 0 aliphatic heterocycles. The molecule has 0 bridgehead atoms. The van der Waals surface area contributed by atoms with Gasteiger partial charge in [0.05, 0.1) is 0 Å². The summed E-state index contributed by atoms with van der Waals surface area (Å²) in [6.07, 6.45) is 5.11. The third-order valence-corrected chi connectivity index (χ3v) is 2.04. The number of rotatable bonds is 6. The Balaban J connectivity index is 3.01. The van der Waals surface area contributed by atoms with Gasteiger partial charge in [-0.25, -0.2) is 0 Å². The molecule has 0 aromatic carbocycles. The van der Waals surface area contributed by atoms with Crippen LogP contribution in [0.5, 0.6) is 0 Å². The van der Waals surface area contributed by atoms with E-state index in [4.69, 9.17) is 5.11 Å². The van der Waals surface area contributed by atoms with Crippen LogP contribution < -0.4 is 0 Å². The maximum Gasteiger partial charge on any atom is 0.0456 e. The van der Waals surface area contributed by atoms with Crippen molar-refractivity contribution in [2.24, 2.45) is 11.8 Å². The molecule has 0 aromatic rings. The second kappa shape index (κ2) is 6.66. The molecule has 1 nitrogen and oxygen atoms in total. The minimum Gasteiger partial charge on any atom is -0.396 e. The molecule has 0 amide bonds. The van der Waals surface area contributed by atoms with E-state index in [2.05, 4.69) is 20.8 Å². The van der Waals surface area contributed by atoms with Gasteiger partial charge in [-0.2, -0.15) is 0 Å². The molecule has 0 saturated carbocycles.